The molecule has 0 rings (SSSR count). The van der Waals surface area contributed by atoms with Gasteiger partial charge >= 0.3 is 30.7 Å². The largest absolute Gasteiger partial charge is 1.00 e. The van der Waals surface area contributed by atoms with Crippen molar-refractivity contribution in [3.63, 3.8) is 0 Å². The molecule has 0 spiro atoms. The zero-order valence-electron chi connectivity index (χ0n) is 8.32. The van der Waals surface area contributed by atoms with Gasteiger partial charge in [-0.2, -0.15) is 36.9 Å². The molecule has 0 atom stereocenters. The summed E-state index contributed by atoms with van der Waals surface area (Å²) in [5.41, 5.74) is 0. The van der Waals surface area contributed by atoms with E-state index in [-0.39, 0.29) is 18.9 Å². The molecule has 0 aliphatic rings. The zero-order chi connectivity index (χ0) is 14.1. The first-order valence-electron chi connectivity index (χ1n) is 3.24. The van der Waals surface area contributed by atoms with Crippen LogP contribution in [-0.2, 0) is 9.13 Å². The van der Waals surface area contributed by atoms with Gasteiger partial charge in [-0.3, -0.25) is 0 Å². The Labute approximate surface area is 108 Å². The van der Waals surface area contributed by atoms with Gasteiger partial charge in [0.05, 0.1) is 0 Å². The summed E-state index contributed by atoms with van der Waals surface area (Å²) in [6.45, 7) is 0. The molecule has 18 heavy (non-hydrogen) atoms. The third-order valence-electron chi connectivity index (χ3n) is 1.21. The number of rotatable bonds is 2. The molecule has 5 nitrogen and oxygen atoms in total. The van der Waals surface area contributed by atoms with Gasteiger partial charge in [-0.1, -0.05) is 0 Å². The second kappa shape index (κ2) is 5.69. The molecule has 0 amide bonds. The van der Waals surface area contributed by atoms with Crippen molar-refractivity contribution in [1.29, 1.82) is 10.5 Å². The second-order valence-corrected chi connectivity index (χ2v) is 6.81. The molecule has 0 aliphatic heterocycles. The van der Waals surface area contributed by atoms with Crippen LogP contribution in [0.1, 0.15) is 0 Å². The Morgan fingerprint density at radius 3 is 1.33 bits per heavy atom. The average molecular weight is 305 g/mol. The average Bonchev–Trinajstić information content (AvgIpc) is 2.14. The van der Waals surface area contributed by atoms with E-state index < -0.39 is 26.4 Å². The molecule has 0 heterocycles. The van der Waals surface area contributed by atoms with Crippen LogP contribution in [0.25, 0.3) is 4.86 Å². The van der Waals surface area contributed by atoms with E-state index in [0.29, 0.717) is 11.6 Å². The standard InChI is InChI=1S/C4F6N3O2P2.Li/c5-3(6,7)17(15,4(8,9)10)13-16(14,1-11)2-12;/q-1;+1. The van der Waals surface area contributed by atoms with Gasteiger partial charge < -0.3 is 14.0 Å². The number of hydrogen-bond donors (Lipinski definition) is 0. The van der Waals surface area contributed by atoms with Gasteiger partial charge in [0, 0.05) is 0 Å². The third kappa shape index (κ3) is 3.78. The molecule has 0 unspecified atom stereocenters. The molecule has 0 aliphatic carbocycles. The van der Waals surface area contributed by atoms with Gasteiger partial charge in [-0.25, -0.2) is 0 Å². The SMILES string of the molecule is N#CP(=O)(C#N)[N-]P(=O)(C(F)(F)F)C(F)(F)F.[Li+]. The van der Waals surface area contributed by atoms with Crippen LogP contribution in [0.2, 0.25) is 0 Å². The quantitative estimate of drug-likeness (QED) is 0.430. The van der Waals surface area contributed by atoms with Crippen molar-refractivity contribution in [2.24, 2.45) is 0 Å². The molecule has 0 saturated heterocycles. The van der Waals surface area contributed by atoms with Crippen LogP contribution < -0.4 is 18.9 Å². The fourth-order valence-corrected chi connectivity index (χ4v) is 3.37. The minimum absolute atomic E-state index is 0. The maximum Gasteiger partial charge on any atom is 1.00 e. The maximum absolute atomic E-state index is 12.0. The predicted molar refractivity (Wildman–Crippen MR) is 41.9 cm³/mol. The van der Waals surface area contributed by atoms with Crippen LogP contribution in [0.3, 0.4) is 0 Å². The van der Waals surface area contributed by atoms with E-state index in [2.05, 4.69) is 0 Å². The number of nitrogens with zero attached hydrogens (tertiary/aromatic N) is 3. The van der Waals surface area contributed by atoms with Crippen LogP contribution in [0, 0.1) is 22.1 Å². The Hall–Kier alpha value is -0.423. The fourth-order valence-electron chi connectivity index (χ4n) is 0.485. The summed E-state index contributed by atoms with van der Waals surface area (Å²) in [6.07, 6.45) is 0. The van der Waals surface area contributed by atoms with Crippen molar-refractivity contribution in [3.05, 3.63) is 4.86 Å². The predicted octanol–water partition coefficient (Wildman–Crippen LogP) is 0.922. The second-order valence-electron chi connectivity index (χ2n) is 2.38. The van der Waals surface area contributed by atoms with Crippen molar-refractivity contribution in [2.75, 3.05) is 0 Å². The van der Waals surface area contributed by atoms with E-state index in [0.717, 1.165) is 0 Å². The maximum atomic E-state index is 12.0. The Morgan fingerprint density at radius 2 is 1.17 bits per heavy atom. The zero-order valence-corrected chi connectivity index (χ0v) is 10.1. The minimum Gasteiger partial charge on any atom is -0.505 e. The molecular formula is C4F6LiN3O2P2. The van der Waals surface area contributed by atoms with Gasteiger partial charge in [0.15, 0.2) is 7.29 Å². The van der Waals surface area contributed by atoms with Crippen molar-refractivity contribution >= 4 is 14.6 Å². The molecule has 0 fully saturated rings. The molecule has 0 radical (unpaired) electrons. The number of hydrogen-bond acceptors (Lipinski definition) is 4. The van der Waals surface area contributed by atoms with Crippen molar-refractivity contribution in [1.82, 2.24) is 0 Å². The van der Waals surface area contributed by atoms with Crippen LogP contribution in [0.4, 0.5) is 26.3 Å². The van der Waals surface area contributed by atoms with Crippen LogP contribution in [0.5, 0.6) is 0 Å². The fraction of sp³-hybridized carbons (Fsp3) is 0.500. The smallest absolute Gasteiger partial charge is 0.505 e. The van der Waals surface area contributed by atoms with E-state index in [4.69, 9.17) is 10.5 Å². The molecule has 0 aromatic carbocycles. The molecule has 0 N–H and O–H groups in total. The van der Waals surface area contributed by atoms with E-state index in [1.54, 1.807) is 0 Å². The molecule has 14 heteroatoms. The van der Waals surface area contributed by atoms with E-state index in [1.165, 1.54) is 4.86 Å². The monoisotopic (exact) mass is 305 g/mol. The van der Waals surface area contributed by atoms with Crippen LogP contribution >= 0.6 is 14.6 Å². The van der Waals surface area contributed by atoms with Gasteiger partial charge in [-0.15, -0.1) is 0 Å². The molecule has 0 aromatic heterocycles. The Bertz CT molecular complexity index is 451. The molecule has 0 bridgehead atoms. The van der Waals surface area contributed by atoms with Crippen molar-refractivity contribution in [3.8, 4) is 11.6 Å². The van der Waals surface area contributed by atoms with Gasteiger partial charge in [0.2, 0.25) is 7.29 Å². The van der Waals surface area contributed by atoms with E-state index in [9.17, 15) is 35.5 Å². The molecular weight excluding hydrogens is 305 g/mol. The first kappa shape index (κ1) is 19.9. The van der Waals surface area contributed by atoms with E-state index in [1.807, 2.05) is 0 Å². The summed E-state index contributed by atoms with van der Waals surface area (Å²) in [7, 11) is -12.8. The summed E-state index contributed by atoms with van der Waals surface area (Å²) < 4.78 is 93.4. The first-order chi connectivity index (χ1) is 7.33. The van der Waals surface area contributed by atoms with Crippen molar-refractivity contribution < 1.29 is 54.3 Å². The van der Waals surface area contributed by atoms with Crippen molar-refractivity contribution in [2.45, 2.75) is 11.8 Å². The number of alkyl halides is 6. The topological polar surface area (TPSA) is 95.8 Å². The Kier molecular flexibility index (Phi) is 6.30. The Balaban J connectivity index is 0. The van der Waals surface area contributed by atoms with Crippen LogP contribution in [-0.4, -0.2) is 11.8 Å². The third-order valence-corrected chi connectivity index (χ3v) is 5.14. The summed E-state index contributed by atoms with van der Waals surface area (Å²) in [6, 6.07) is 0. The van der Waals surface area contributed by atoms with Gasteiger partial charge in [0.1, 0.15) is 11.6 Å². The Morgan fingerprint density at radius 1 is 0.889 bits per heavy atom. The first-order valence-corrected chi connectivity index (χ1v) is 6.56. The normalized spacial score (nSPS) is 13.1. The summed E-state index contributed by atoms with van der Waals surface area (Å²) >= 11 is 0. The van der Waals surface area contributed by atoms with Gasteiger partial charge in [0.25, 0.3) is 0 Å². The summed E-state index contributed by atoms with van der Waals surface area (Å²) in [5.74, 6) is -12.0. The molecule has 96 valence electrons. The minimum atomic E-state index is -7.32. The summed E-state index contributed by atoms with van der Waals surface area (Å²) in [5, 5.41) is 16.0. The van der Waals surface area contributed by atoms with E-state index >= 15 is 0 Å². The number of nitriles is 2. The van der Waals surface area contributed by atoms with Crippen LogP contribution in [0.15, 0.2) is 0 Å². The molecule has 0 aromatic rings. The molecule has 0 saturated carbocycles. The number of halogens is 6. The van der Waals surface area contributed by atoms with Gasteiger partial charge in [-0.05, 0) is 0 Å². The summed E-state index contributed by atoms with van der Waals surface area (Å²) in [4.78, 5) is 1.46.